The van der Waals surface area contributed by atoms with Gasteiger partial charge in [0, 0.05) is 16.9 Å². The zero-order chi connectivity index (χ0) is 23.0. The zero-order valence-electron chi connectivity index (χ0n) is 18.7. The Morgan fingerprint density at radius 2 is 1.70 bits per heavy atom. The van der Waals surface area contributed by atoms with Crippen molar-refractivity contribution in [3.63, 3.8) is 0 Å². The molecule has 0 saturated heterocycles. The fraction of sp³-hybridized carbons (Fsp3) is 0.192. The quantitative estimate of drug-likeness (QED) is 0.248. The van der Waals surface area contributed by atoms with Crippen LogP contribution in [0.4, 0.5) is 5.69 Å². The molecule has 1 heterocycles. The lowest BCUT2D eigenvalue weighted by atomic mass is 10.2. The number of hydrogen-bond donors (Lipinski definition) is 1. The van der Waals surface area contributed by atoms with Crippen LogP contribution in [0, 0.1) is 6.92 Å². The predicted octanol–water partition coefficient (Wildman–Crippen LogP) is 5.56. The first-order valence-corrected chi connectivity index (χ1v) is 11.8. The molecule has 0 radical (unpaired) electrons. The van der Waals surface area contributed by atoms with Crippen LogP contribution in [0.15, 0.2) is 84.0 Å². The highest BCUT2D eigenvalue weighted by molar-refractivity contribution is 7.99. The largest absolute Gasteiger partial charge is 0.494 e. The number of carbonyl (C=O) groups excluding carboxylic acids is 1. The molecular weight excluding hydrogens is 432 g/mol. The number of ketones is 1. The number of ether oxygens (including phenoxy) is 1. The molecule has 3 aromatic carbocycles. The Labute approximate surface area is 198 Å². The summed E-state index contributed by atoms with van der Waals surface area (Å²) in [5.74, 6) is 1.96. The summed E-state index contributed by atoms with van der Waals surface area (Å²) in [4.78, 5) is 12.6. The van der Waals surface area contributed by atoms with E-state index in [1.165, 1.54) is 17.3 Å². The molecule has 0 bridgehead atoms. The lowest BCUT2D eigenvalue weighted by Crippen LogP contribution is -2.09. The molecule has 6 nitrogen and oxygen atoms in total. The van der Waals surface area contributed by atoms with Crippen LogP contribution in [0.3, 0.4) is 0 Å². The van der Waals surface area contributed by atoms with E-state index in [1.54, 1.807) is 0 Å². The maximum absolute atomic E-state index is 12.6. The third-order valence-corrected chi connectivity index (χ3v) is 5.97. The summed E-state index contributed by atoms with van der Waals surface area (Å²) in [6, 6.07) is 25.4. The van der Waals surface area contributed by atoms with Crippen molar-refractivity contribution < 1.29 is 9.53 Å². The minimum Gasteiger partial charge on any atom is -0.494 e. The molecule has 0 aliphatic carbocycles. The van der Waals surface area contributed by atoms with Gasteiger partial charge in [-0.3, -0.25) is 9.36 Å². The maximum atomic E-state index is 12.6. The van der Waals surface area contributed by atoms with Gasteiger partial charge in [0.05, 0.1) is 18.9 Å². The molecule has 0 amide bonds. The minimum atomic E-state index is 0.0631. The molecule has 0 spiro atoms. The third-order valence-electron chi connectivity index (χ3n) is 5.04. The van der Waals surface area contributed by atoms with E-state index in [1.807, 2.05) is 78.2 Å². The average molecular weight is 459 g/mol. The van der Waals surface area contributed by atoms with E-state index in [9.17, 15) is 4.79 Å². The van der Waals surface area contributed by atoms with Crippen LogP contribution in [0.25, 0.3) is 5.69 Å². The van der Waals surface area contributed by atoms with Gasteiger partial charge in [-0.15, -0.1) is 10.2 Å². The van der Waals surface area contributed by atoms with Gasteiger partial charge in [0.1, 0.15) is 5.75 Å². The number of carbonyl (C=O) groups is 1. The molecular formula is C26H26N4O2S. The fourth-order valence-electron chi connectivity index (χ4n) is 3.32. The van der Waals surface area contributed by atoms with Gasteiger partial charge < -0.3 is 10.1 Å². The first-order chi connectivity index (χ1) is 16.1. The van der Waals surface area contributed by atoms with E-state index in [2.05, 4.69) is 34.6 Å². The van der Waals surface area contributed by atoms with Crippen molar-refractivity contribution in [1.82, 2.24) is 14.8 Å². The normalized spacial score (nSPS) is 10.7. The Hall–Kier alpha value is -3.58. The van der Waals surface area contributed by atoms with Crippen LogP contribution < -0.4 is 10.1 Å². The Bertz CT molecular complexity index is 1190. The molecule has 0 atom stereocenters. The third kappa shape index (κ3) is 5.81. The summed E-state index contributed by atoms with van der Waals surface area (Å²) < 4.78 is 7.51. The van der Waals surface area contributed by atoms with Crippen LogP contribution in [-0.2, 0) is 6.54 Å². The second-order valence-corrected chi connectivity index (χ2v) is 8.40. The second kappa shape index (κ2) is 10.8. The smallest absolute Gasteiger partial charge is 0.196 e. The van der Waals surface area contributed by atoms with Gasteiger partial charge >= 0.3 is 0 Å². The first kappa shape index (κ1) is 22.6. The molecule has 0 fully saturated rings. The SMILES string of the molecule is CCOc1ccc(NCc2nnc(SCC(=O)c3ccccc3)n2-c2ccc(C)cc2)cc1. The topological polar surface area (TPSA) is 69.0 Å². The van der Waals surface area contributed by atoms with E-state index in [0.717, 1.165) is 22.9 Å². The maximum Gasteiger partial charge on any atom is 0.196 e. The van der Waals surface area contributed by atoms with Crippen LogP contribution in [-0.4, -0.2) is 32.9 Å². The van der Waals surface area contributed by atoms with Crippen molar-refractivity contribution >= 4 is 23.2 Å². The number of rotatable bonds is 10. The van der Waals surface area contributed by atoms with E-state index < -0.39 is 0 Å². The molecule has 4 rings (SSSR count). The summed E-state index contributed by atoms with van der Waals surface area (Å²) in [6.45, 7) is 5.15. The molecule has 33 heavy (non-hydrogen) atoms. The van der Waals surface area contributed by atoms with Crippen molar-refractivity contribution in [2.45, 2.75) is 25.5 Å². The van der Waals surface area contributed by atoms with Gasteiger partial charge in [0.25, 0.3) is 0 Å². The van der Waals surface area contributed by atoms with Gasteiger partial charge in [-0.05, 0) is 50.2 Å². The summed E-state index contributed by atoms with van der Waals surface area (Å²) >= 11 is 1.39. The van der Waals surface area contributed by atoms with E-state index in [4.69, 9.17) is 4.74 Å². The van der Waals surface area contributed by atoms with Crippen molar-refractivity contribution in [2.24, 2.45) is 0 Å². The van der Waals surface area contributed by atoms with Crippen molar-refractivity contribution in [2.75, 3.05) is 17.7 Å². The molecule has 0 unspecified atom stereocenters. The molecule has 7 heteroatoms. The number of nitrogens with zero attached hydrogens (tertiary/aromatic N) is 3. The van der Waals surface area contributed by atoms with Crippen LogP contribution in [0.5, 0.6) is 5.75 Å². The number of anilines is 1. The van der Waals surface area contributed by atoms with E-state index in [0.29, 0.717) is 29.6 Å². The minimum absolute atomic E-state index is 0.0631. The molecule has 0 aliphatic heterocycles. The van der Waals surface area contributed by atoms with Gasteiger partial charge in [-0.25, -0.2) is 0 Å². The first-order valence-electron chi connectivity index (χ1n) is 10.8. The zero-order valence-corrected chi connectivity index (χ0v) is 19.5. The predicted molar refractivity (Wildman–Crippen MR) is 133 cm³/mol. The number of aryl methyl sites for hydroxylation is 1. The average Bonchev–Trinajstić information content (AvgIpc) is 3.26. The number of nitrogens with one attached hydrogen (secondary N) is 1. The number of thioether (sulfide) groups is 1. The van der Waals surface area contributed by atoms with Crippen molar-refractivity contribution in [3.05, 3.63) is 95.8 Å². The van der Waals surface area contributed by atoms with Crippen molar-refractivity contribution in [3.8, 4) is 11.4 Å². The highest BCUT2D eigenvalue weighted by Crippen LogP contribution is 2.24. The summed E-state index contributed by atoms with van der Waals surface area (Å²) in [7, 11) is 0. The number of benzene rings is 3. The molecule has 168 valence electrons. The van der Waals surface area contributed by atoms with Crippen LogP contribution in [0.1, 0.15) is 28.7 Å². The molecule has 4 aromatic rings. The number of Topliss-reactive ketones (excluding diaryl/α,β-unsaturated/α-hetero) is 1. The number of aromatic nitrogens is 3. The Morgan fingerprint density at radius 3 is 2.39 bits per heavy atom. The molecule has 1 N–H and O–H groups in total. The van der Waals surface area contributed by atoms with Crippen molar-refractivity contribution in [1.29, 1.82) is 0 Å². The highest BCUT2D eigenvalue weighted by atomic mass is 32.2. The highest BCUT2D eigenvalue weighted by Gasteiger charge is 2.16. The Balaban J connectivity index is 1.53. The summed E-state index contributed by atoms with van der Waals surface area (Å²) in [5, 5.41) is 12.9. The Morgan fingerprint density at radius 1 is 0.970 bits per heavy atom. The molecule has 1 aromatic heterocycles. The molecule has 0 saturated carbocycles. The Kier molecular flexibility index (Phi) is 7.42. The van der Waals surface area contributed by atoms with Gasteiger partial charge in [0.15, 0.2) is 16.8 Å². The second-order valence-electron chi connectivity index (χ2n) is 7.46. The van der Waals surface area contributed by atoms with Crippen LogP contribution >= 0.6 is 11.8 Å². The van der Waals surface area contributed by atoms with Crippen LogP contribution in [0.2, 0.25) is 0 Å². The van der Waals surface area contributed by atoms with E-state index in [-0.39, 0.29) is 5.78 Å². The van der Waals surface area contributed by atoms with Gasteiger partial charge in [-0.2, -0.15) is 0 Å². The van der Waals surface area contributed by atoms with E-state index >= 15 is 0 Å². The standard InChI is InChI=1S/C26H26N4O2S/c1-3-32-23-15-11-21(12-16-23)27-17-25-28-29-26(30(25)22-13-9-19(2)10-14-22)33-18-24(31)20-7-5-4-6-8-20/h4-16,27H,3,17-18H2,1-2H3. The monoisotopic (exact) mass is 458 g/mol. The fourth-order valence-corrected chi connectivity index (χ4v) is 4.18. The number of hydrogen-bond acceptors (Lipinski definition) is 6. The van der Waals surface area contributed by atoms with Gasteiger partial charge in [-0.1, -0.05) is 59.8 Å². The molecule has 0 aliphatic rings. The summed E-state index contributed by atoms with van der Waals surface area (Å²) in [6.07, 6.45) is 0. The lowest BCUT2D eigenvalue weighted by molar-refractivity contribution is 0.102. The van der Waals surface area contributed by atoms with Gasteiger partial charge in [0.2, 0.25) is 0 Å². The summed E-state index contributed by atoms with van der Waals surface area (Å²) in [5.41, 5.74) is 3.80. The lowest BCUT2D eigenvalue weighted by Gasteiger charge is -2.12.